The minimum atomic E-state index is -0.362. The van der Waals surface area contributed by atoms with E-state index in [0.29, 0.717) is 12.3 Å². The van der Waals surface area contributed by atoms with E-state index in [1.807, 2.05) is 13.0 Å². The fourth-order valence-corrected chi connectivity index (χ4v) is 1.29. The van der Waals surface area contributed by atoms with E-state index in [4.69, 9.17) is 4.42 Å². The second kappa shape index (κ2) is 4.81. The molecule has 0 aromatic carbocycles. The summed E-state index contributed by atoms with van der Waals surface area (Å²) < 4.78 is 10.1. The van der Waals surface area contributed by atoms with Gasteiger partial charge in [-0.2, -0.15) is 0 Å². The molecule has 4 heteroatoms. The zero-order valence-corrected chi connectivity index (χ0v) is 8.66. The lowest BCUT2D eigenvalue weighted by Gasteiger charge is -2.10. The van der Waals surface area contributed by atoms with Crippen molar-refractivity contribution < 1.29 is 13.9 Å². The zero-order valence-electron chi connectivity index (χ0n) is 8.66. The second-order valence-electron chi connectivity index (χ2n) is 3.08. The number of nitrogens with one attached hydrogen (secondary N) is 1. The number of ether oxygens (including phenoxy) is 1. The molecular weight excluding hydrogens is 182 g/mol. The van der Waals surface area contributed by atoms with Crippen LogP contribution < -0.4 is 5.32 Å². The van der Waals surface area contributed by atoms with E-state index in [-0.39, 0.29) is 11.9 Å². The van der Waals surface area contributed by atoms with Crippen LogP contribution in [-0.4, -0.2) is 26.7 Å². The fourth-order valence-electron chi connectivity index (χ4n) is 1.29. The predicted octanol–water partition coefficient (Wildman–Crippen LogP) is 1.06. The molecule has 0 fully saturated rings. The number of rotatable bonds is 4. The van der Waals surface area contributed by atoms with E-state index < -0.39 is 0 Å². The monoisotopic (exact) mass is 197 g/mol. The SMILES string of the molecule is CNCC(C(=O)OC)c1ccc(C)o1. The number of carbonyl (C=O) groups is 1. The Morgan fingerprint density at radius 3 is 2.79 bits per heavy atom. The van der Waals surface area contributed by atoms with Crippen molar-refractivity contribution in [2.75, 3.05) is 20.7 Å². The van der Waals surface area contributed by atoms with Crippen molar-refractivity contribution in [2.24, 2.45) is 0 Å². The van der Waals surface area contributed by atoms with Crippen molar-refractivity contribution in [1.29, 1.82) is 0 Å². The number of hydrogen-bond donors (Lipinski definition) is 1. The topological polar surface area (TPSA) is 51.5 Å². The van der Waals surface area contributed by atoms with Gasteiger partial charge < -0.3 is 14.5 Å². The number of aryl methyl sites for hydroxylation is 1. The maximum atomic E-state index is 11.4. The van der Waals surface area contributed by atoms with Crippen molar-refractivity contribution >= 4 is 5.97 Å². The highest BCUT2D eigenvalue weighted by molar-refractivity contribution is 5.77. The van der Waals surface area contributed by atoms with Crippen LogP contribution in [0.5, 0.6) is 0 Å². The van der Waals surface area contributed by atoms with Crippen LogP contribution in [0, 0.1) is 6.92 Å². The number of esters is 1. The third kappa shape index (κ3) is 2.35. The molecule has 0 radical (unpaired) electrons. The first-order valence-electron chi connectivity index (χ1n) is 4.47. The summed E-state index contributed by atoms with van der Waals surface area (Å²) in [6.45, 7) is 2.36. The highest BCUT2D eigenvalue weighted by Crippen LogP contribution is 2.19. The molecule has 1 N–H and O–H groups in total. The van der Waals surface area contributed by atoms with E-state index in [1.54, 1.807) is 13.1 Å². The smallest absolute Gasteiger partial charge is 0.317 e. The van der Waals surface area contributed by atoms with Crippen LogP contribution in [0.15, 0.2) is 16.5 Å². The summed E-state index contributed by atoms with van der Waals surface area (Å²) in [6.07, 6.45) is 0. The molecule has 0 spiro atoms. The van der Waals surface area contributed by atoms with Crippen LogP contribution in [0.25, 0.3) is 0 Å². The van der Waals surface area contributed by atoms with Crippen LogP contribution in [0.1, 0.15) is 17.4 Å². The first-order chi connectivity index (χ1) is 6.69. The van der Waals surface area contributed by atoms with E-state index >= 15 is 0 Å². The molecular formula is C10H15NO3. The minimum absolute atomic E-state index is 0.284. The van der Waals surface area contributed by atoms with Gasteiger partial charge in [-0.1, -0.05) is 0 Å². The molecule has 1 unspecified atom stereocenters. The molecule has 78 valence electrons. The molecule has 0 bridgehead atoms. The molecule has 0 aliphatic rings. The number of likely N-dealkylation sites (N-methyl/N-ethyl adjacent to an activating group) is 1. The first kappa shape index (κ1) is 10.8. The summed E-state index contributed by atoms with van der Waals surface area (Å²) in [7, 11) is 3.16. The Morgan fingerprint density at radius 1 is 1.64 bits per heavy atom. The molecule has 0 aliphatic carbocycles. The highest BCUT2D eigenvalue weighted by atomic mass is 16.5. The van der Waals surface area contributed by atoms with Gasteiger partial charge in [0.1, 0.15) is 17.4 Å². The molecule has 0 saturated heterocycles. The summed E-state index contributed by atoms with van der Waals surface area (Å²) in [5.41, 5.74) is 0. The quantitative estimate of drug-likeness (QED) is 0.733. The molecule has 0 amide bonds. The van der Waals surface area contributed by atoms with Gasteiger partial charge in [0.25, 0.3) is 0 Å². The summed E-state index contributed by atoms with van der Waals surface area (Å²) in [5, 5.41) is 2.93. The summed E-state index contributed by atoms with van der Waals surface area (Å²) in [4.78, 5) is 11.4. The highest BCUT2D eigenvalue weighted by Gasteiger charge is 2.23. The standard InChI is InChI=1S/C10H15NO3/c1-7-4-5-9(14-7)8(6-11-2)10(12)13-3/h4-5,8,11H,6H2,1-3H3. The van der Waals surface area contributed by atoms with Crippen molar-refractivity contribution in [1.82, 2.24) is 5.32 Å². The molecule has 1 aromatic rings. The Labute approximate surface area is 83.2 Å². The van der Waals surface area contributed by atoms with Gasteiger partial charge in [0, 0.05) is 6.54 Å². The van der Waals surface area contributed by atoms with Crippen molar-refractivity contribution in [3.8, 4) is 0 Å². The Kier molecular flexibility index (Phi) is 3.71. The van der Waals surface area contributed by atoms with Gasteiger partial charge in [0.15, 0.2) is 0 Å². The third-order valence-electron chi connectivity index (χ3n) is 2.00. The summed E-state index contributed by atoms with van der Waals surface area (Å²) in [6, 6.07) is 3.63. The number of methoxy groups -OCH3 is 1. The molecule has 0 aliphatic heterocycles. The van der Waals surface area contributed by atoms with E-state index in [1.165, 1.54) is 7.11 Å². The van der Waals surface area contributed by atoms with E-state index in [0.717, 1.165) is 5.76 Å². The number of carbonyl (C=O) groups excluding carboxylic acids is 1. The van der Waals surface area contributed by atoms with Gasteiger partial charge in [-0.3, -0.25) is 4.79 Å². The Morgan fingerprint density at radius 2 is 2.36 bits per heavy atom. The minimum Gasteiger partial charge on any atom is -0.468 e. The Bertz CT molecular complexity index is 306. The molecule has 1 rings (SSSR count). The van der Waals surface area contributed by atoms with Crippen molar-refractivity contribution in [3.05, 3.63) is 23.7 Å². The molecule has 4 nitrogen and oxygen atoms in total. The van der Waals surface area contributed by atoms with Gasteiger partial charge in [-0.05, 0) is 26.1 Å². The first-order valence-corrected chi connectivity index (χ1v) is 4.47. The van der Waals surface area contributed by atoms with Gasteiger partial charge in [0.05, 0.1) is 7.11 Å². The van der Waals surface area contributed by atoms with Gasteiger partial charge in [-0.25, -0.2) is 0 Å². The van der Waals surface area contributed by atoms with Gasteiger partial charge >= 0.3 is 5.97 Å². The molecule has 1 heterocycles. The molecule has 1 aromatic heterocycles. The molecule has 1 atom stereocenters. The Hall–Kier alpha value is -1.29. The number of furan rings is 1. The fraction of sp³-hybridized carbons (Fsp3) is 0.500. The lowest BCUT2D eigenvalue weighted by atomic mass is 10.1. The van der Waals surface area contributed by atoms with Crippen molar-refractivity contribution in [3.63, 3.8) is 0 Å². The van der Waals surface area contributed by atoms with Crippen LogP contribution in [0.4, 0.5) is 0 Å². The van der Waals surface area contributed by atoms with Crippen LogP contribution >= 0.6 is 0 Å². The summed E-state index contributed by atoms with van der Waals surface area (Å²) in [5.74, 6) is 0.793. The van der Waals surface area contributed by atoms with Crippen molar-refractivity contribution in [2.45, 2.75) is 12.8 Å². The van der Waals surface area contributed by atoms with Crippen LogP contribution in [-0.2, 0) is 9.53 Å². The average Bonchev–Trinajstić information content (AvgIpc) is 2.60. The normalized spacial score (nSPS) is 12.5. The maximum absolute atomic E-state index is 11.4. The van der Waals surface area contributed by atoms with Crippen LogP contribution in [0.3, 0.4) is 0 Å². The number of hydrogen-bond acceptors (Lipinski definition) is 4. The summed E-state index contributed by atoms with van der Waals surface area (Å²) >= 11 is 0. The average molecular weight is 197 g/mol. The van der Waals surface area contributed by atoms with Gasteiger partial charge in [0.2, 0.25) is 0 Å². The van der Waals surface area contributed by atoms with Gasteiger partial charge in [-0.15, -0.1) is 0 Å². The maximum Gasteiger partial charge on any atom is 0.317 e. The third-order valence-corrected chi connectivity index (χ3v) is 2.00. The zero-order chi connectivity index (χ0) is 10.6. The largest absolute Gasteiger partial charge is 0.468 e. The lowest BCUT2D eigenvalue weighted by molar-refractivity contribution is -0.142. The predicted molar refractivity (Wildman–Crippen MR) is 52.1 cm³/mol. The van der Waals surface area contributed by atoms with E-state index in [9.17, 15) is 4.79 Å². The second-order valence-corrected chi connectivity index (χ2v) is 3.08. The lowest BCUT2D eigenvalue weighted by Crippen LogP contribution is -2.24. The molecule has 0 saturated carbocycles. The van der Waals surface area contributed by atoms with E-state index in [2.05, 4.69) is 10.1 Å². The molecule has 14 heavy (non-hydrogen) atoms. The Balaban J connectivity index is 2.82. The van der Waals surface area contributed by atoms with Crippen LogP contribution in [0.2, 0.25) is 0 Å².